The van der Waals surface area contributed by atoms with Gasteiger partial charge in [0.1, 0.15) is 5.82 Å². The van der Waals surface area contributed by atoms with E-state index < -0.39 is 36.2 Å². The van der Waals surface area contributed by atoms with Crippen LogP contribution in [0.15, 0.2) is 12.1 Å². The Morgan fingerprint density at radius 3 is 2.56 bits per heavy atom. The van der Waals surface area contributed by atoms with Gasteiger partial charge in [0.05, 0.1) is 6.61 Å². The molecule has 2 amide bonds. The summed E-state index contributed by atoms with van der Waals surface area (Å²) in [4.78, 5) is 11.1. The number of aliphatic hydroxyl groups excluding tert-OH is 1. The van der Waals surface area contributed by atoms with Crippen molar-refractivity contribution in [1.82, 2.24) is 5.32 Å². The number of amides is 2. The van der Waals surface area contributed by atoms with Crippen LogP contribution in [0, 0.1) is 5.82 Å². The molecular formula is C10H8F4N2O2. The molecule has 1 atom stereocenters. The second-order valence-corrected chi connectivity index (χ2v) is 3.76. The van der Waals surface area contributed by atoms with Crippen LogP contribution in [-0.4, -0.2) is 17.3 Å². The summed E-state index contributed by atoms with van der Waals surface area (Å²) in [5.41, 5.74) is -0.764. The lowest BCUT2D eigenvalue weighted by atomic mass is 9.99. The molecule has 1 aliphatic heterocycles. The highest BCUT2D eigenvalue weighted by Gasteiger charge is 2.45. The van der Waals surface area contributed by atoms with Gasteiger partial charge in [0.25, 0.3) is 0 Å². The largest absolute Gasteiger partial charge is 0.413 e. The van der Waals surface area contributed by atoms with Gasteiger partial charge in [0.2, 0.25) is 0 Å². The van der Waals surface area contributed by atoms with Crippen molar-refractivity contribution in [3.05, 3.63) is 29.1 Å². The van der Waals surface area contributed by atoms with Gasteiger partial charge in [0.15, 0.2) is 6.04 Å². The van der Waals surface area contributed by atoms with Crippen molar-refractivity contribution >= 4 is 11.7 Å². The van der Waals surface area contributed by atoms with E-state index in [9.17, 15) is 22.4 Å². The molecule has 1 aliphatic rings. The summed E-state index contributed by atoms with van der Waals surface area (Å²) in [6.07, 6.45) is -4.72. The molecule has 0 saturated carbocycles. The van der Waals surface area contributed by atoms with Crippen molar-refractivity contribution in [2.45, 2.75) is 18.8 Å². The van der Waals surface area contributed by atoms with Crippen LogP contribution in [0.2, 0.25) is 0 Å². The Balaban J connectivity index is 2.55. The van der Waals surface area contributed by atoms with Crippen molar-refractivity contribution < 1.29 is 27.5 Å². The standard InChI is InChI=1S/C10H8F4N2O2/c11-6-2-5-7(1-4(6)3-17)15-9(18)16-8(5)10(12,13)14/h1-2,8,17H,3H2,(H2,15,16,18). The minimum absolute atomic E-state index is 0.161. The molecule has 3 N–H and O–H groups in total. The summed E-state index contributed by atoms with van der Waals surface area (Å²) in [7, 11) is 0. The molecule has 2 rings (SSSR count). The molecule has 98 valence electrons. The highest BCUT2D eigenvalue weighted by atomic mass is 19.4. The third-order valence-corrected chi connectivity index (χ3v) is 2.55. The molecular weight excluding hydrogens is 256 g/mol. The first-order chi connectivity index (χ1) is 8.32. The minimum Gasteiger partial charge on any atom is -0.392 e. The SMILES string of the molecule is O=C1Nc2cc(CO)c(F)cc2C(C(F)(F)F)N1. The molecule has 1 unspecified atom stereocenters. The number of carbonyl (C=O) groups is 1. The number of alkyl halides is 3. The fraction of sp³-hybridized carbons (Fsp3) is 0.300. The first-order valence-corrected chi connectivity index (χ1v) is 4.90. The molecule has 0 fully saturated rings. The fourth-order valence-corrected chi connectivity index (χ4v) is 1.73. The lowest BCUT2D eigenvalue weighted by Gasteiger charge is -2.29. The summed E-state index contributed by atoms with van der Waals surface area (Å²) in [5.74, 6) is -0.955. The number of halogens is 4. The zero-order valence-electron chi connectivity index (χ0n) is 8.81. The van der Waals surface area contributed by atoms with Crippen molar-refractivity contribution in [2.24, 2.45) is 0 Å². The number of aliphatic hydroxyl groups is 1. The normalized spacial score (nSPS) is 18.9. The molecule has 4 nitrogen and oxygen atoms in total. The van der Waals surface area contributed by atoms with E-state index in [2.05, 4.69) is 5.32 Å². The third-order valence-electron chi connectivity index (χ3n) is 2.55. The predicted octanol–water partition coefficient (Wildman–Crippen LogP) is 2.06. The Morgan fingerprint density at radius 1 is 1.33 bits per heavy atom. The van der Waals surface area contributed by atoms with Gasteiger partial charge in [-0.15, -0.1) is 0 Å². The van der Waals surface area contributed by atoms with Crippen LogP contribution in [0.1, 0.15) is 17.2 Å². The van der Waals surface area contributed by atoms with Crippen LogP contribution in [0.4, 0.5) is 28.0 Å². The Bertz CT molecular complexity index is 501. The summed E-state index contributed by atoms with van der Waals surface area (Å²) >= 11 is 0. The zero-order chi connectivity index (χ0) is 13.5. The second kappa shape index (κ2) is 4.13. The van der Waals surface area contributed by atoms with Gasteiger partial charge in [-0.1, -0.05) is 0 Å². The maximum absolute atomic E-state index is 13.4. The number of hydrogen-bond acceptors (Lipinski definition) is 2. The lowest BCUT2D eigenvalue weighted by Crippen LogP contribution is -2.44. The van der Waals surface area contributed by atoms with Crippen LogP contribution < -0.4 is 10.6 Å². The van der Waals surface area contributed by atoms with Crippen molar-refractivity contribution in [3.63, 3.8) is 0 Å². The zero-order valence-corrected chi connectivity index (χ0v) is 8.81. The monoisotopic (exact) mass is 264 g/mol. The van der Waals surface area contributed by atoms with Gasteiger partial charge in [-0.2, -0.15) is 13.2 Å². The third kappa shape index (κ3) is 2.10. The predicted molar refractivity (Wildman–Crippen MR) is 53.3 cm³/mol. The van der Waals surface area contributed by atoms with Gasteiger partial charge in [-0.3, -0.25) is 0 Å². The van der Waals surface area contributed by atoms with Gasteiger partial charge < -0.3 is 15.7 Å². The maximum Gasteiger partial charge on any atom is 0.413 e. The average molecular weight is 264 g/mol. The van der Waals surface area contributed by atoms with E-state index in [4.69, 9.17) is 5.11 Å². The van der Waals surface area contributed by atoms with Gasteiger partial charge in [0, 0.05) is 16.8 Å². The molecule has 1 aromatic carbocycles. The summed E-state index contributed by atoms with van der Waals surface area (Å²) in [5, 5.41) is 12.6. The van der Waals surface area contributed by atoms with Crippen LogP contribution in [0.25, 0.3) is 0 Å². The van der Waals surface area contributed by atoms with Gasteiger partial charge in [-0.05, 0) is 12.1 Å². The topological polar surface area (TPSA) is 61.4 Å². The highest BCUT2D eigenvalue weighted by Crippen LogP contribution is 2.39. The quantitative estimate of drug-likeness (QED) is 0.680. The number of carbonyl (C=O) groups excluding carboxylic acids is 1. The summed E-state index contributed by atoms with van der Waals surface area (Å²) < 4.78 is 51.4. The molecule has 0 spiro atoms. The molecule has 0 radical (unpaired) electrons. The van der Waals surface area contributed by atoms with Crippen LogP contribution in [0.3, 0.4) is 0 Å². The maximum atomic E-state index is 13.4. The lowest BCUT2D eigenvalue weighted by molar-refractivity contribution is -0.155. The average Bonchev–Trinajstić information content (AvgIpc) is 2.26. The van der Waals surface area contributed by atoms with Crippen molar-refractivity contribution in [2.75, 3.05) is 5.32 Å². The summed E-state index contributed by atoms with van der Waals surface area (Å²) in [6, 6.07) is -1.64. The smallest absolute Gasteiger partial charge is 0.392 e. The number of urea groups is 1. The van der Waals surface area contributed by atoms with Crippen LogP contribution in [0.5, 0.6) is 0 Å². The highest BCUT2D eigenvalue weighted by molar-refractivity contribution is 5.93. The fourth-order valence-electron chi connectivity index (χ4n) is 1.73. The van der Waals surface area contributed by atoms with Crippen LogP contribution in [-0.2, 0) is 6.61 Å². The Labute approximate surface area is 98.6 Å². The van der Waals surface area contributed by atoms with E-state index in [0.717, 1.165) is 6.07 Å². The number of anilines is 1. The molecule has 0 bridgehead atoms. The molecule has 1 aromatic rings. The second-order valence-electron chi connectivity index (χ2n) is 3.76. The number of hydrogen-bond donors (Lipinski definition) is 3. The first-order valence-electron chi connectivity index (χ1n) is 4.90. The molecule has 0 aliphatic carbocycles. The molecule has 18 heavy (non-hydrogen) atoms. The summed E-state index contributed by atoms with van der Waals surface area (Å²) in [6.45, 7) is -0.668. The van der Waals surface area contributed by atoms with E-state index in [0.29, 0.717) is 6.07 Å². The van der Waals surface area contributed by atoms with Crippen LogP contribution >= 0.6 is 0 Å². The number of fused-ring (bicyclic) bond motifs is 1. The minimum atomic E-state index is -4.72. The molecule has 8 heteroatoms. The van der Waals surface area contributed by atoms with Gasteiger partial charge in [-0.25, -0.2) is 9.18 Å². The number of nitrogens with one attached hydrogen (secondary N) is 2. The van der Waals surface area contributed by atoms with E-state index in [1.54, 1.807) is 5.32 Å². The van der Waals surface area contributed by atoms with Gasteiger partial charge >= 0.3 is 12.2 Å². The molecule has 0 aromatic heterocycles. The van der Waals surface area contributed by atoms with E-state index >= 15 is 0 Å². The Morgan fingerprint density at radius 2 is 2.00 bits per heavy atom. The number of benzene rings is 1. The van der Waals surface area contributed by atoms with E-state index in [-0.39, 0.29) is 11.3 Å². The molecule has 1 heterocycles. The Kier molecular flexibility index (Phi) is 2.89. The number of rotatable bonds is 1. The molecule has 0 saturated heterocycles. The van der Waals surface area contributed by atoms with Crippen molar-refractivity contribution in [1.29, 1.82) is 0 Å². The Hall–Kier alpha value is -1.83. The first kappa shape index (κ1) is 12.6. The van der Waals surface area contributed by atoms with E-state index in [1.807, 2.05) is 0 Å². The van der Waals surface area contributed by atoms with E-state index in [1.165, 1.54) is 0 Å². The van der Waals surface area contributed by atoms with Crippen molar-refractivity contribution in [3.8, 4) is 0 Å².